The maximum absolute atomic E-state index is 13.1. The van der Waals surface area contributed by atoms with Crippen LogP contribution in [-0.2, 0) is 14.8 Å². The lowest BCUT2D eigenvalue weighted by Crippen LogP contribution is -2.54. The van der Waals surface area contributed by atoms with E-state index in [0.717, 1.165) is 5.56 Å². The van der Waals surface area contributed by atoms with E-state index in [0.29, 0.717) is 32.7 Å². The number of aromatic nitrogens is 1. The zero-order valence-corrected chi connectivity index (χ0v) is 15.4. The van der Waals surface area contributed by atoms with E-state index in [1.165, 1.54) is 4.31 Å². The molecule has 0 saturated carbocycles. The number of hydrogen-bond donors (Lipinski definition) is 2. The first kappa shape index (κ1) is 18.2. The average molecular weight is 367 g/mol. The van der Waals surface area contributed by atoms with Gasteiger partial charge < -0.3 is 4.90 Å². The van der Waals surface area contributed by atoms with Crippen molar-refractivity contribution in [3.8, 4) is 0 Å². The summed E-state index contributed by atoms with van der Waals surface area (Å²) in [5.41, 5.74) is 6.92. The van der Waals surface area contributed by atoms with Crippen LogP contribution in [0, 0.1) is 5.92 Å². The van der Waals surface area contributed by atoms with Crippen LogP contribution in [0.4, 0.5) is 0 Å². The van der Waals surface area contributed by atoms with Gasteiger partial charge in [0.25, 0.3) is 0 Å². The fourth-order valence-corrected chi connectivity index (χ4v) is 5.26. The van der Waals surface area contributed by atoms with Gasteiger partial charge in [-0.05, 0) is 17.7 Å². The minimum absolute atomic E-state index is 0.0672. The van der Waals surface area contributed by atoms with Crippen molar-refractivity contribution in [2.24, 2.45) is 5.92 Å². The molecule has 0 aromatic carbocycles. The number of hydrazine groups is 1. The molecule has 0 aliphatic carbocycles. The second kappa shape index (κ2) is 7.36. The number of nitrogens with zero attached hydrogens (tertiary/aromatic N) is 3. The topological polar surface area (TPSA) is 94.6 Å². The van der Waals surface area contributed by atoms with Gasteiger partial charge >= 0.3 is 0 Å². The summed E-state index contributed by atoms with van der Waals surface area (Å²) in [7, 11) is -3.48. The number of hydrogen-bond acceptors (Lipinski definition) is 6. The highest BCUT2D eigenvalue weighted by Crippen LogP contribution is 2.27. The van der Waals surface area contributed by atoms with Crippen LogP contribution in [0.2, 0.25) is 0 Å². The summed E-state index contributed by atoms with van der Waals surface area (Å²) in [5.74, 6) is 0.0124. The molecule has 8 nitrogen and oxygen atoms in total. The molecule has 2 fully saturated rings. The van der Waals surface area contributed by atoms with Gasteiger partial charge in [-0.15, -0.1) is 0 Å². The van der Waals surface area contributed by atoms with Crippen molar-refractivity contribution >= 4 is 15.9 Å². The van der Waals surface area contributed by atoms with Crippen molar-refractivity contribution in [3.05, 3.63) is 30.1 Å². The van der Waals surface area contributed by atoms with E-state index in [1.807, 2.05) is 26.0 Å². The number of pyridine rings is 1. The molecule has 1 aromatic rings. The Hall–Kier alpha value is -1.55. The maximum Gasteiger partial charge on any atom is 0.225 e. The van der Waals surface area contributed by atoms with Gasteiger partial charge in [0.1, 0.15) is 5.25 Å². The molecule has 0 spiro atoms. The first-order valence-corrected chi connectivity index (χ1v) is 10.1. The van der Waals surface area contributed by atoms with Crippen LogP contribution in [0.5, 0.6) is 0 Å². The Balaban J connectivity index is 1.71. The molecular formula is C16H25N5O3S. The minimum atomic E-state index is -3.48. The van der Waals surface area contributed by atoms with Gasteiger partial charge in [0.15, 0.2) is 0 Å². The van der Waals surface area contributed by atoms with E-state index in [2.05, 4.69) is 15.8 Å². The number of carbonyl (C=O) groups excluding carboxylic acids is 1. The van der Waals surface area contributed by atoms with Gasteiger partial charge in [-0.25, -0.2) is 13.8 Å². The predicted molar refractivity (Wildman–Crippen MR) is 93.8 cm³/mol. The molecule has 2 atom stereocenters. The van der Waals surface area contributed by atoms with Crippen molar-refractivity contribution in [2.45, 2.75) is 25.1 Å². The van der Waals surface area contributed by atoms with Crippen molar-refractivity contribution in [3.63, 3.8) is 0 Å². The summed E-state index contributed by atoms with van der Waals surface area (Å²) in [4.78, 5) is 17.8. The fraction of sp³-hybridized carbons (Fsp3) is 0.625. The molecule has 2 saturated heterocycles. The highest BCUT2D eigenvalue weighted by Gasteiger charge is 2.42. The molecule has 9 heteroatoms. The lowest BCUT2D eigenvalue weighted by atomic mass is 10.1. The Morgan fingerprint density at radius 2 is 1.84 bits per heavy atom. The van der Waals surface area contributed by atoms with Crippen molar-refractivity contribution in [1.29, 1.82) is 0 Å². The summed E-state index contributed by atoms with van der Waals surface area (Å²) >= 11 is 0. The Morgan fingerprint density at radius 1 is 1.20 bits per heavy atom. The number of piperazine rings is 1. The molecule has 2 aliphatic rings. The number of amides is 1. The van der Waals surface area contributed by atoms with Gasteiger partial charge in [-0.1, -0.05) is 13.8 Å². The van der Waals surface area contributed by atoms with E-state index in [9.17, 15) is 13.2 Å². The zero-order valence-electron chi connectivity index (χ0n) is 14.6. The number of sulfonamides is 1. The summed E-state index contributed by atoms with van der Waals surface area (Å²) in [6.07, 6.45) is 3.32. The van der Waals surface area contributed by atoms with E-state index < -0.39 is 15.3 Å². The van der Waals surface area contributed by atoms with E-state index in [4.69, 9.17) is 0 Å². The van der Waals surface area contributed by atoms with E-state index in [1.54, 1.807) is 17.3 Å². The van der Waals surface area contributed by atoms with Crippen LogP contribution in [0.1, 0.15) is 25.5 Å². The van der Waals surface area contributed by atoms with Gasteiger partial charge in [-0.3, -0.25) is 15.2 Å². The third kappa shape index (κ3) is 3.69. The largest absolute Gasteiger partial charge is 0.340 e. The third-order valence-corrected chi connectivity index (χ3v) is 7.07. The average Bonchev–Trinajstić information content (AvgIpc) is 3.12. The van der Waals surface area contributed by atoms with Crippen LogP contribution in [0.15, 0.2) is 24.5 Å². The van der Waals surface area contributed by atoms with Gasteiger partial charge in [0.05, 0.1) is 6.04 Å². The molecular weight excluding hydrogens is 342 g/mol. The van der Waals surface area contributed by atoms with Crippen LogP contribution in [0.25, 0.3) is 0 Å². The standard InChI is InChI=1S/C16H25N5O3S/c1-12(2)16(22)20-7-9-21(10-8-20)25(23,24)14-11-18-19-15(14)13-3-5-17-6-4-13/h3-6,12,14-15,18-19H,7-11H2,1-2H3. The first-order chi connectivity index (χ1) is 11.9. The zero-order chi connectivity index (χ0) is 18.0. The Kier molecular flexibility index (Phi) is 5.38. The van der Waals surface area contributed by atoms with Crippen molar-refractivity contribution < 1.29 is 13.2 Å². The molecule has 1 amide bonds. The molecule has 1 aromatic heterocycles. The molecule has 0 bridgehead atoms. The van der Waals surface area contributed by atoms with Crippen LogP contribution < -0.4 is 10.9 Å². The van der Waals surface area contributed by atoms with Gasteiger partial charge in [0.2, 0.25) is 15.9 Å². The molecule has 3 rings (SSSR count). The first-order valence-electron chi connectivity index (χ1n) is 8.57. The molecule has 3 heterocycles. The molecule has 2 unspecified atom stereocenters. The highest BCUT2D eigenvalue weighted by molar-refractivity contribution is 7.89. The van der Waals surface area contributed by atoms with Gasteiger partial charge in [0, 0.05) is 51.0 Å². The highest BCUT2D eigenvalue weighted by atomic mass is 32.2. The Labute approximate surface area is 148 Å². The number of rotatable bonds is 4. The molecule has 2 N–H and O–H groups in total. The molecule has 2 aliphatic heterocycles. The molecule has 138 valence electrons. The lowest BCUT2D eigenvalue weighted by molar-refractivity contribution is -0.135. The molecule has 25 heavy (non-hydrogen) atoms. The number of carbonyl (C=O) groups is 1. The minimum Gasteiger partial charge on any atom is -0.340 e. The van der Waals surface area contributed by atoms with Crippen LogP contribution >= 0.6 is 0 Å². The summed E-state index contributed by atoms with van der Waals surface area (Å²) in [6, 6.07) is 3.34. The van der Waals surface area contributed by atoms with Gasteiger partial charge in [-0.2, -0.15) is 4.31 Å². The smallest absolute Gasteiger partial charge is 0.225 e. The molecule has 0 radical (unpaired) electrons. The quantitative estimate of drug-likeness (QED) is 0.761. The van der Waals surface area contributed by atoms with E-state index >= 15 is 0 Å². The fourth-order valence-electron chi connectivity index (χ4n) is 3.35. The Morgan fingerprint density at radius 3 is 2.44 bits per heavy atom. The lowest BCUT2D eigenvalue weighted by Gasteiger charge is -2.36. The SMILES string of the molecule is CC(C)C(=O)N1CCN(S(=O)(=O)C2CNNC2c2ccncc2)CC1. The second-order valence-electron chi connectivity index (χ2n) is 6.75. The van der Waals surface area contributed by atoms with Crippen molar-refractivity contribution in [1.82, 2.24) is 25.0 Å². The predicted octanol–water partition coefficient (Wildman–Crippen LogP) is -0.271. The number of nitrogens with one attached hydrogen (secondary N) is 2. The summed E-state index contributed by atoms with van der Waals surface area (Å²) in [5, 5.41) is -0.581. The van der Waals surface area contributed by atoms with E-state index in [-0.39, 0.29) is 17.9 Å². The van der Waals surface area contributed by atoms with Crippen LogP contribution in [0.3, 0.4) is 0 Å². The third-order valence-electron chi connectivity index (χ3n) is 4.78. The maximum atomic E-state index is 13.1. The van der Waals surface area contributed by atoms with Crippen LogP contribution in [-0.4, -0.2) is 66.5 Å². The monoisotopic (exact) mass is 367 g/mol. The second-order valence-corrected chi connectivity index (χ2v) is 8.90. The summed E-state index contributed by atoms with van der Waals surface area (Å²) in [6.45, 7) is 5.66. The Bertz CT molecular complexity index is 702. The normalized spacial score (nSPS) is 25.5. The summed E-state index contributed by atoms with van der Waals surface area (Å²) < 4.78 is 27.7. The van der Waals surface area contributed by atoms with Crippen molar-refractivity contribution in [2.75, 3.05) is 32.7 Å².